The number of rotatable bonds is 3. The molecule has 0 saturated carbocycles. The van der Waals surface area contributed by atoms with Gasteiger partial charge in [-0.1, -0.05) is 29.8 Å². The maximum absolute atomic E-state index is 6.32. The van der Waals surface area contributed by atoms with Gasteiger partial charge in [-0.05, 0) is 30.7 Å². The summed E-state index contributed by atoms with van der Waals surface area (Å²) in [6.45, 7) is 0. The van der Waals surface area contributed by atoms with Gasteiger partial charge in [0.15, 0.2) is 10.9 Å². The molecule has 1 aliphatic heterocycles. The first kappa shape index (κ1) is 11.9. The van der Waals surface area contributed by atoms with Gasteiger partial charge in [0, 0.05) is 0 Å². The van der Waals surface area contributed by atoms with Crippen LogP contribution in [0.4, 0.5) is 0 Å². The first-order valence-corrected chi connectivity index (χ1v) is 7.35. The Hall–Kier alpha value is -1.13. The van der Waals surface area contributed by atoms with Crippen LogP contribution in [0.15, 0.2) is 36.5 Å². The number of nitrogens with zero attached hydrogens (tertiary/aromatic N) is 2. The van der Waals surface area contributed by atoms with E-state index in [1.54, 1.807) is 6.20 Å². The molecule has 3 nitrogen and oxygen atoms in total. The minimum absolute atomic E-state index is 0.352. The summed E-state index contributed by atoms with van der Waals surface area (Å²) in [5, 5.41) is 5.27. The molecule has 2 heterocycles. The quantitative estimate of drug-likeness (QED) is 0.836. The smallest absolute Gasteiger partial charge is 0.184 e. The Balaban J connectivity index is 1.81. The molecule has 1 fully saturated rings. The Bertz CT molecular complexity index is 523. The third-order valence-electron chi connectivity index (χ3n) is 2.85. The summed E-state index contributed by atoms with van der Waals surface area (Å²) >= 11 is 8.21. The molecule has 2 aromatic rings. The van der Waals surface area contributed by atoms with Crippen LogP contribution in [0.5, 0.6) is 11.5 Å². The molecule has 1 aliphatic rings. The molecule has 0 bridgehead atoms. The van der Waals surface area contributed by atoms with Gasteiger partial charge in [-0.3, -0.25) is 0 Å². The third kappa shape index (κ3) is 2.35. The molecule has 1 unspecified atom stereocenters. The molecular weight excluding hydrogens is 268 g/mol. The van der Waals surface area contributed by atoms with Crippen molar-refractivity contribution < 1.29 is 4.74 Å². The van der Waals surface area contributed by atoms with Crippen molar-refractivity contribution in [3.63, 3.8) is 0 Å². The number of hydrogen-bond acceptors (Lipinski definition) is 3. The second kappa shape index (κ2) is 5.24. The number of aromatic nitrogens is 2. The fourth-order valence-electron chi connectivity index (χ4n) is 1.97. The van der Waals surface area contributed by atoms with Crippen molar-refractivity contribution in [1.82, 2.24) is 9.78 Å². The molecule has 18 heavy (non-hydrogen) atoms. The molecule has 94 valence electrons. The molecule has 1 aromatic heterocycles. The van der Waals surface area contributed by atoms with Crippen LogP contribution in [0.3, 0.4) is 0 Å². The predicted molar refractivity (Wildman–Crippen MR) is 74.5 cm³/mol. The predicted octanol–water partition coefficient (Wildman–Crippen LogP) is 4.35. The number of thioether (sulfide) groups is 1. The normalized spacial score (nSPS) is 19.1. The lowest BCUT2D eigenvalue weighted by molar-refractivity contribution is 0.480. The van der Waals surface area contributed by atoms with E-state index in [0.29, 0.717) is 16.3 Å². The molecule has 0 radical (unpaired) electrons. The van der Waals surface area contributed by atoms with Gasteiger partial charge in [0.2, 0.25) is 0 Å². The van der Waals surface area contributed by atoms with Gasteiger partial charge in [-0.2, -0.15) is 5.10 Å². The summed E-state index contributed by atoms with van der Waals surface area (Å²) in [5.41, 5.74) is 0. The topological polar surface area (TPSA) is 27.1 Å². The number of hydrogen-bond donors (Lipinski definition) is 0. The maximum atomic E-state index is 6.32. The molecule has 5 heteroatoms. The average Bonchev–Trinajstić information content (AvgIpc) is 3.02. The molecule has 1 saturated heterocycles. The Morgan fingerprint density at radius 1 is 1.33 bits per heavy atom. The van der Waals surface area contributed by atoms with Gasteiger partial charge in [0.05, 0.1) is 11.6 Å². The van der Waals surface area contributed by atoms with E-state index in [1.807, 2.05) is 46.8 Å². The van der Waals surface area contributed by atoms with Gasteiger partial charge in [-0.15, -0.1) is 11.8 Å². The Morgan fingerprint density at radius 3 is 2.89 bits per heavy atom. The minimum atomic E-state index is 0.352. The van der Waals surface area contributed by atoms with Gasteiger partial charge < -0.3 is 4.74 Å². The first-order chi connectivity index (χ1) is 8.84. The first-order valence-electron chi connectivity index (χ1n) is 5.92. The van der Waals surface area contributed by atoms with Crippen LogP contribution in [-0.2, 0) is 0 Å². The average molecular weight is 281 g/mol. The van der Waals surface area contributed by atoms with Gasteiger partial charge in [0.25, 0.3) is 0 Å². The highest BCUT2D eigenvalue weighted by atomic mass is 35.5. The van der Waals surface area contributed by atoms with Crippen molar-refractivity contribution >= 4 is 23.4 Å². The van der Waals surface area contributed by atoms with Crippen molar-refractivity contribution in [2.24, 2.45) is 0 Å². The summed E-state index contributed by atoms with van der Waals surface area (Å²) in [6.07, 6.45) is 4.03. The Kier molecular flexibility index (Phi) is 3.48. The summed E-state index contributed by atoms with van der Waals surface area (Å²) < 4.78 is 7.58. The van der Waals surface area contributed by atoms with E-state index in [2.05, 4.69) is 5.10 Å². The Labute approximate surface area is 115 Å². The van der Waals surface area contributed by atoms with E-state index in [-0.39, 0.29) is 0 Å². The lowest BCUT2D eigenvalue weighted by Crippen LogP contribution is -2.03. The zero-order valence-corrected chi connectivity index (χ0v) is 11.3. The Morgan fingerprint density at radius 2 is 2.17 bits per heavy atom. The second-order valence-electron chi connectivity index (χ2n) is 4.13. The van der Waals surface area contributed by atoms with Crippen molar-refractivity contribution in [3.05, 3.63) is 41.7 Å². The number of para-hydroxylation sites is 1. The zero-order chi connectivity index (χ0) is 12.4. The molecule has 0 aliphatic carbocycles. The molecule has 1 aromatic carbocycles. The standard InChI is InChI=1S/C13H13ClN2OS/c14-13-11(17-10-5-2-1-3-6-10)9-15-16(13)12-7-4-8-18-12/h1-3,5-6,9,12H,4,7-8H2. The third-order valence-corrected chi connectivity index (χ3v) is 4.56. The maximum Gasteiger partial charge on any atom is 0.184 e. The second-order valence-corrected chi connectivity index (χ2v) is 5.77. The van der Waals surface area contributed by atoms with E-state index in [1.165, 1.54) is 12.2 Å². The van der Waals surface area contributed by atoms with E-state index in [4.69, 9.17) is 16.3 Å². The fourth-order valence-corrected chi connectivity index (χ4v) is 3.52. The van der Waals surface area contributed by atoms with Crippen molar-refractivity contribution in [2.45, 2.75) is 18.2 Å². The number of ether oxygens (including phenoxy) is 1. The summed E-state index contributed by atoms with van der Waals surface area (Å²) in [4.78, 5) is 0. The van der Waals surface area contributed by atoms with Gasteiger partial charge in [-0.25, -0.2) is 4.68 Å². The van der Waals surface area contributed by atoms with Crippen LogP contribution in [0, 0.1) is 0 Å². The zero-order valence-electron chi connectivity index (χ0n) is 9.75. The van der Waals surface area contributed by atoms with Crippen LogP contribution in [0.25, 0.3) is 0 Å². The largest absolute Gasteiger partial charge is 0.452 e. The minimum Gasteiger partial charge on any atom is -0.452 e. The molecule has 0 spiro atoms. The molecular formula is C13H13ClN2OS. The van der Waals surface area contributed by atoms with E-state index >= 15 is 0 Å². The van der Waals surface area contributed by atoms with Crippen molar-refractivity contribution in [2.75, 3.05) is 5.75 Å². The highest BCUT2D eigenvalue weighted by molar-refractivity contribution is 7.99. The van der Waals surface area contributed by atoms with Crippen LogP contribution >= 0.6 is 23.4 Å². The molecule has 3 rings (SSSR count). The van der Waals surface area contributed by atoms with Gasteiger partial charge in [0.1, 0.15) is 5.75 Å². The lowest BCUT2D eigenvalue weighted by Gasteiger charge is -2.10. The van der Waals surface area contributed by atoms with E-state index < -0.39 is 0 Å². The molecule has 0 N–H and O–H groups in total. The van der Waals surface area contributed by atoms with Crippen molar-refractivity contribution in [3.8, 4) is 11.5 Å². The SMILES string of the molecule is Clc1c(Oc2ccccc2)cnn1C1CCCS1. The lowest BCUT2D eigenvalue weighted by atomic mass is 10.3. The summed E-state index contributed by atoms with van der Waals surface area (Å²) in [7, 11) is 0. The van der Waals surface area contributed by atoms with E-state index in [9.17, 15) is 0 Å². The number of halogens is 1. The summed E-state index contributed by atoms with van der Waals surface area (Å²) in [5.74, 6) is 2.57. The van der Waals surface area contributed by atoms with E-state index in [0.717, 1.165) is 12.2 Å². The fraction of sp³-hybridized carbons (Fsp3) is 0.308. The van der Waals surface area contributed by atoms with Crippen LogP contribution in [-0.4, -0.2) is 15.5 Å². The van der Waals surface area contributed by atoms with Crippen LogP contribution < -0.4 is 4.74 Å². The monoisotopic (exact) mass is 280 g/mol. The highest BCUT2D eigenvalue weighted by Crippen LogP contribution is 2.40. The molecule has 0 amide bonds. The van der Waals surface area contributed by atoms with Crippen LogP contribution in [0.2, 0.25) is 5.15 Å². The van der Waals surface area contributed by atoms with Crippen LogP contribution in [0.1, 0.15) is 18.2 Å². The highest BCUT2D eigenvalue weighted by Gasteiger charge is 2.22. The number of benzene rings is 1. The van der Waals surface area contributed by atoms with Crippen molar-refractivity contribution in [1.29, 1.82) is 0 Å². The molecule has 1 atom stereocenters. The van der Waals surface area contributed by atoms with Gasteiger partial charge >= 0.3 is 0 Å². The summed E-state index contributed by atoms with van der Waals surface area (Å²) in [6, 6.07) is 9.62.